The summed E-state index contributed by atoms with van der Waals surface area (Å²) < 4.78 is 0. The van der Waals surface area contributed by atoms with E-state index in [0.29, 0.717) is 6.04 Å². The van der Waals surface area contributed by atoms with Gasteiger partial charge in [-0.15, -0.1) is 11.3 Å². The summed E-state index contributed by atoms with van der Waals surface area (Å²) in [6.45, 7) is 2.24. The van der Waals surface area contributed by atoms with Gasteiger partial charge in [-0.05, 0) is 61.9 Å². The van der Waals surface area contributed by atoms with Crippen molar-refractivity contribution in [1.29, 1.82) is 0 Å². The van der Waals surface area contributed by atoms with Crippen LogP contribution in [0.15, 0.2) is 30.3 Å². The summed E-state index contributed by atoms with van der Waals surface area (Å²) >= 11 is 2.01. The number of hydrogen-bond acceptors (Lipinski definition) is 2. The fraction of sp³-hybridized carbons (Fsp3) is 0.474. The van der Waals surface area contributed by atoms with Crippen molar-refractivity contribution in [1.82, 2.24) is 5.32 Å². The highest BCUT2D eigenvalue weighted by Gasteiger charge is 2.19. The van der Waals surface area contributed by atoms with Crippen molar-refractivity contribution in [3.05, 3.63) is 56.8 Å². The van der Waals surface area contributed by atoms with Gasteiger partial charge in [0.25, 0.3) is 0 Å². The number of nitrogens with one attached hydrogen (secondary N) is 1. The van der Waals surface area contributed by atoms with Gasteiger partial charge in [0.05, 0.1) is 6.04 Å². The smallest absolute Gasteiger partial charge is 0.0668 e. The van der Waals surface area contributed by atoms with E-state index in [0.717, 1.165) is 0 Å². The number of fused-ring (bicyclic) bond motifs is 1. The minimum atomic E-state index is 0.344. The van der Waals surface area contributed by atoms with Gasteiger partial charge in [-0.3, -0.25) is 0 Å². The zero-order valence-corrected chi connectivity index (χ0v) is 13.9. The monoisotopic (exact) mass is 299 g/mol. The molecule has 0 amide bonds. The van der Waals surface area contributed by atoms with Gasteiger partial charge in [-0.25, -0.2) is 0 Å². The minimum absolute atomic E-state index is 0.344. The molecule has 1 unspecified atom stereocenters. The lowest BCUT2D eigenvalue weighted by Crippen LogP contribution is -2.16. The lowest BCUT2D eigenvalue weighted by molar-refractivity contribution is 0.691. The number of rotatable bonds is 5. The molecule has 1 aromatic carbocycles. The lowest BCUT2D eigenvalue weighted by atomic mass is 9.97. The van der Waals surface area contributed by atoms with Gasteiger partial charge in [0, 0.05) is 9.75 Å². The molecule has 0 aliphatic heterocycles. The van der Waals surface area contributed by atoms with Crippen molar-refractivity contribution in [3.8, 4) is 0 Å². The minimum Gasteiger partial charge on any atom is -0.309 e. The standard InChI is InChI=1S/C19H25NS/c1-3-6-14-9-11-15(12-10-14)19(20-2)18-13-16-7-4-5-8-17(16)21-18/h9-13,19-20H,3-8H2,1-2H3. The van der Waals surface area contributed by atoms with E-state index < -0.39 is 0 Å². The molecule has 0 spiro atoms. The van der Waals surface area contributed by atoms with E-state index in [1.54, 1.807) is 10.4 Å². The van der Waals surface area contributed by atoms with Crippen LogP contribution in [0, 0.1) is 0 Å². The van der Waals surface area contributed by atoms with Crippen molar-refractivity contribution < 1.29 is 0 Å². The van der Waals surface area contributed by atoms with E-state index in [4.69, 9.17) is 0 Å². The summed E-state index contributed by atoms with van der Waals surface area (Å²) in [5.74, 6) is 0. The number of benzene rings is 1. The molecule has 1 aromatic heterocycles. The van der Waals surface area contributed by atoms with Gasteiger partial charge < -0.3 is 5.32 Å². The van der Waals surface area contributed by atoms with Crippen molar-refractivity contribution >= 4 is 11.3 Å². The van der Waals surface area contributed by atoms with Gasteiger partial charge >= 0.3 is 0 Å². The third kappa shape index (κ3) is 3.22. The molecule has 1 aliphatic rings. The predicted octanol–water partition coefficient (Wildman–Crippen LogP) is 4.89. The highest BCUT2D eigenvalue weighted by atomic mass is 32.1. The van der Waals surface area contributed by atoms with Crippen molar-refractivity contribution in [2.75, 3.05) is 7.05 Å². The van der Waals surface area contributed by atoms with E-state index in [1.807, 2.05) is 11.3 Å². The Labute approximate surface area is 132 Å². The molecule has 0 fully saturated rings. The van der Waals surface area contributed by atoms with Gasteiger partial charge in [0.2, 0.25) is 0 Å². The molecule has 0 radical (unpaired) electrons. The molecule has 1 aliphatic carbocycles. The third-order valence-electron chi connectivity index (χ3n) is 4.44. The van der Waals surface area contributed by atoms with E-state index in [2.05, 4.69) is 49.6 Å². The zero-order chi connectivity index (χ0) is 14.7. The molecule has 1 nitrogen and oxygen atoms in total. The molecule has 21 heavy (non-hydrogen) atoms. The van der Waals surface area contributed by atoms with Crippen LogP contribution in [0.25, 0.3) is 0 Å². The number of thiophene rings is 1. The van der Waals surface area contributed by atoms with E-state index in [1.165, 1.54) is 54.5 Å². The van der Waals surface area contributed by atoms with Crippen LogP contribution in [0.5, 0.6) is 0 Å². The van der Waals surface area contributed by atoms with Crippen LogP contribution in [-0.2, 0) is 19.3 Å². The summed E-state index contributed by atoms with van der Waals surface area (Å²) in [6.07, 6.45) is 7.68. The summed E-state index contributed by atoms with van der Waals surface area (Å²) in [7, 11) is 2.07. The summed E-state index contributed by atoms with van der Waals surface area (Å²) in [4.78, 5) is 3.10. The molecule has 1 N–H and O–H groups in total. The van der Waals surface area contributed by atoms with Crippen molar-refractivity contribution in [3.63, 3.8) is 0 Å². The maximum Gasteiger partial charge on any atom is 0.0668 e. The second kappa shape index (κ2) is 6.76. The average Bonchev–Trinajstić information content (AvgIpc) is 2.93. The fourth-order valence-corrected chi connectivity index (χ4v) is 4.69. The van der Waals surface area contributed by atoms with Gasteiger partial charge in [-0.1, -0.05) is 37.6 Å². The van der Waals surface area contributed by atoms with Crippen LogP contribution >= 0.6 is 11.3 Å². The Bertz CT molecular complexity index is 559. The SMILES string of the molecule is CCCc1ccc(C(NC)c2cc3c(s2)CCCC3)cc1. The van der Waals surface area contributed by atoms with Gasteiger partial charge in [-0.2, -0.15) is 0 Å². The molecule has 2 heteroatoms. The lowest BCUT2D eigenvalue weighted by Gasteiger charge is -2.15. The molecule has 1 heterocycles. The fourth-order valence-electron chi connectivity index (χ4n) is 3.29. The number of hydrogen-bond donors (Lipinski definition) is 1. The molecule has 2 aromatic rings. The summed E-state index contributed by atoms with van der Waals surface area (Å²) in [5, 5.41) is 3.51. The van der Waals surface area contributed by atoms with Crippen LogP contribution in [0.3, 0.4) is 0 Å². The molecule has 0 bridgehead atoms. The zero-order valence-electron chi connectivity index (χ0n) is 13.1. The predicted molar refractivity (Wildman–Crippen MR) is 92.3 cm³/mol. The highest BCUT2D eigenvalue weighted by Crippen LogP contribution is 2.35. The highest BCUT2D eigenvalue weighted by molar-refractivity contribution is 7.12. The molecule has 0 saturated carbocycles. The molecule has 3 rings (SSSR count). The van der Waals surface area contributed by atoms with Crippen molar-refractivity contribution in [2.24, 2.45) is 0 Å². The topological polar surface area (TPSA) is 12.0 Å². The quantitative estimate of drug-likeness (QED) is 0.829. The molecular weight excluding hydrogens is 274 g/mol. The van der Waals surface area contributed by atoms with Gasteiger partial charge in [0.1, 0.15) is 0 Å². The van der Waals surface area contributed by atoms with E-state index in [-0.39, 0.29) is 0 Å². The normalized spacial score (nSPS) is 15.7. The maximum atomic E-state index is 3.51. The molecular formula is C19H25NS. The Morgan fingerprint density at radius 3 is 2.57 bits per heavy atom. The molecule has 1 atom stereocenters. The Hall–Kier alpha value is -1.12. The van der Waals surface area contributed by atoms with Crippen LogP contribution in [0.1, 0.15) is 58.7 Å². The Morgan fingerprint density at radius 2 is 1.90 bits per heavy atom. The Balaban J connectivity index is 1.85. The van der Waals surface area contributed by atoms with E-state index >= 15 is 0 Å². The second-order valence-electron chi connectivity index (χ2n) is 6.02. The molecule has 112 valence electrons. The first-order chi connectivity index (χ1) is 10.3. The van der Waals surface area contributed by atoms with E-state index in [9.17, 15) is 0 Å². The van der Waals surface area contributed by atoms with Crippen LogP contribution in [0.2, 0.25) is 0 Å². The summed E-state index contributed by atoms with van der Waals surface area (Å²) in [5.41, 5.74) is 4.43. The first-order valence-electron chi connectivity index (χ1n) is 8.19. The third-order valence-corrected chi connectivity index (χ3v) is 5.74. The molecule has 0 saturated heterocycles. The summed E-state index contributed by atoms with van der Waals surface area (Å²) in [6, 6.07) is 12.0. The van der Waals surface area contributed by atoms with Crippen LogP contribution in [-0.4, -0.2) is 7.05 Å². The Kier molecular flexibility index (Phi) is 4.77. The van der Waals surface area contributed by atoms with Crippen molar-refractivity contribution in [2.45, 2.75) is 51.5 Å². The van der Waals surface area contributed by atoms with Crippen LogP contribution in [0.4, 0.5) is 0 Å². The van der Waals surface area contributed by atoms with Crippen LogP contribution < -0.4 is 5.32 Å². The average molecular weight is 299 g/mol. The largest absolute Gasteiger partial charge is 0.309 e. The first-order valence-corrected chi connectivity index (χ1v) is 9.01. The Morgan fingerprint density at radius 1 is 1.14 bits per heavy atom. The number of aryl methyl sites for hydroxylation is 3. The van der Waals surface area contributed by atoms with Gasteiger partial charge in [0.15, 0.2) is 0 Å². The maximum absolute atomic E-state index is 3.51. The second-order valence-corrected chi connectivity index (χ2v) is 7.19. The first kappa shape index (κ1) is 14.8.